The van der Waals surface area contributed by atoms with Gasteiger partial charge in [-0.05, 0) is 12.3 Å². The van der Waals surface area contributed by atoms with Gasteiger partial charge in [-0.25, -0.2) is 0 Å². The van der Waals surface area contributed by atoms with E-state index in [2.05, 4.69) is 43.4 Å². The van der Waals surface area contributed by atoms with Crippen molar-refractivity contribution in [2.45, 2.75) is 78.1 Å². The third-order valence-electron chi connectivity index (χ3n) is 4.79. The van der Waals surface area contributed by atoms with Crippen LogP contribution in [0.1, 0.15) is 78.1 Å². The maximum Gasteiger partial charge on any atom is 0.0510 e. The molecular formula is C21H32N. The van der Waals surface area contributed by atoms with E-state index in [-0.39, 0.29) is 0 Å². The van der Waals surface area contributed by atoms with Crippen LogP contribution < -0.4 is 15.8 Å². The zero-order valence-corrected chi connectivity index (χ0v) is 14.5. The summed E-state index contributed by atoms with van der Waals surface area (Å²) in [5.41, 5.74) is 1.30. The van der Waals surface area contributed by atoms with Crippen molar-refractivity contribution in [3.8, 4) is 0 Å². The molecule has 1 aromatic rings. The van der Waals surface area contributed by atoms with Gasteiger partial charge >= 0.3 is 0 Å². The molecule has 1 unspecified atom stereocenters. The molecule has 0 aromatic heterocycles. The predicted octanol–water partition coefficient (Wildman–Crippen LogP) is 4.71. The minimum Gasteiger partial charge on any atom is -0.260 e. The van der Waals surface area contributed by atoms with E-state index >= 15 is 0 Å². The molecule has 0 amide bonds. The first-order valence-corrected chi connectivity index (χ1v) is 9.33. The van der Waals surface area contributed by atoms with Crippen molar-refractivity contribution in [2.75, 3.05) is 0 Å². The van der Waals surface area contributed by atoms with Gasteiger partial charge in [0.25, 0.3) is 0 Å². The summed E-state index contributed by atoms with van der Waals surface area (Å²) in [7, 11) is 0. The molecule has 0 bridgehead atoms. The summed E-state index contributed by atoms with van der Waals surface area (Å²) in [5, 5.41) is 7.29. The largest absolute Gasteiger partial charge is 0.260 e. The van der Waals surface area contributed by atoms with E-state index in [1.807, 2.05) is 6.20 Å². The number of hydrogen-bond donors (Lipinski definition) is 0. The second kappa shape index (κ2) is 9.71. The van der Waals surface area contributed by atoms with Crippen LogP contribution in [0.5, 0.6) is 0 Å². The van der Waals surface area contributed by atoms with Gasteiger partial charge in [0, 0.05) is 16.6 Å². The van der Waals surface area contributed by atoms with Gasteiger partial charge < -0.3 is 0 Å². The first kappa shape index (κ1) is 17.1. The lowest BCUT2D eigenvalue weighted by molar-refractivity contribution is 0.529. The van der Waals surface area contributed by atoms with Gasteiger partial charge in [0.2, 0.25) is 0 Å². The molecule has 1 atom stereocenters. The topological polar surface area (TPSA) is 14.1 Å². The van der Waals surface area contributed by atoms with Gasteiger partial charge in [0.1, 0.15) is 0 Å². The molecule has 1 aromatic carbocycles. The molecule has 0 N–H and O–H groups in total. The highest BCUT2D eigenvalue weighted by molar-refractivity contribution is 5.56. The molecule has 121 valence electrons. The number of nitrogens with zero attached hydrogens (tertiary/aromatic N) is 1. The van der Waals surface area contributed by atoms with Crippen LogP contribution in [0, 0.1) is 5.92 Å². The fourth-order valence-electron chi connectivity index (χ4n) is 3.34. The van der Waals surface area contributed by atoms with Crippen LogP contribution in [0.2, 0.25) is 0 Å². The number of hydrogen-bond acceptors (Lipinski definition) is 0. The summed E-state index contributed by atoms with van der Waals surface area (Å²) in [5.74, 6) is 0.587. The van der Waals surface area contributed by atoms with Crippen LogP contribution in [-0.4, -0.2) is 0 Å². The van der Waals surface area contributed by atoms with Crippen LogP contribution in [0.4, 0.5) is 0 Å². The van der Waals surface area contributed by atoms with Gasteiger partial charge in [-0.15, -0.1) is 0 Å². The second-order valence-corrected chi connectivity index (χ2v) is 6.75. The van der Waals surface area contributed by atoms with Crippen molar-refractivity contribution in [3.63, 3.8) is 0 Å². The molecule has 0 spiro atoms. The molecule has 1 nitrogen and oxygen atoms in total. The Morgan fingerprint density at radius 2 is 1.50 bits per heavy atom. The Labute approximate surface area is 136 Å². The van der Waals surface area contributed by atoms with Crippen molar-refractivity contribution in [1.82, 2.24) is 5.32 Å². The fourth-order valence-corrected chi connectivity index (χ4v) is 3.34. The maximum atomic E-state index is 4.65. The third-order valence-corrected chi connectivity index (χ3v) is 4.79. The number of rotatable bonds is 11. The third kappa shape index (κ3) is 5.19. The van der Waals surface area contributed by atoms with Crippen LogP contribution in [0.25, 0.3) is 11.9 Å². The summed E-state index contributed by atoms with van der Waals surface area (Å²) in [6.07, 6.45) is 15.9. The molecule has 1 aliphatic rings. The van der Waals surface area contributed by atoms with Crippen molar-refractivity contribution in [1.29, 1.82) is 0 Å². The summed E-state index contributed by atoms with van der Waals surface area (Å²) in [4.78, 5) is 0. The Hall–Kier alpha value is -1.24. The minimum absolute atomic E-state index is 0.587. The highest BCUT2D eigenvalue weighted by atomic mass is 14.9. The lowest BCUT2D eigenvalue weighted by Crippen LogP contribution is -2.24. The average molecular weight is 298 g/mol. The lowest BCUT2D eigenvalue weighted by Gasteiger charge is -2.12. The van der Waals surface area contributed by atoms with Gasteiger partial charge in [-0.1, -0.05) is 95.9 Å². The van der Waals surface area contributed by atoms with E-state index in [0.29, 0.717) is 5.92 Å². The Bertz CT molecular complexity index is 543. The molecule has 0 fully saturated rings. The molecule has 1 heteroatoms. The summed E-state index contributed by atoms with van der Waals surface area (Å²) in [6, 6.07) is 8.60. The minimum atomic E-state index is 0.587. The molecule has 2 rings (SSSR count). The summed E-state index contributed by atoms with van der Waals surface area (Å²) in [6.45, 7) is 4.62. The van der Waals surface area contributed by atoms with Crippen molar-refractivity contribution in [3.05, 3.63) is 34.7 Å². The summed E-state index contributed by atoms with van der Waals surface area (Å²) < 4.78 is 0. The monoisotopic (exact) mass is 298 g/mol. The highest BCUT2D eigenvalue weighted by Gasteiger charge is 2.13. The second-order valence-electron chi connectivity index (χ2n) is 6.75. The van der Waals surface area contributed by atoms with E-state index in [1.54, 1.807) is 0 Å². The van der Waals surface area contributed by atoms with Crippen LogP contribution >= 0.6 is 0 Å². The maximum absolute atomic E-state index is 4.65. The first-order chi connectivity index (χ1) is 10.8. The Balaban J connectivity index is 1.62. The molecule has 0 saturated heterocycles. The molecule has 1 radical (unpaired) electrons. The van der Waals surface area contributed by atoms with Gasteiger partial charge in [0.15, 0.2) is 0 Å². The number of fused-ring (bicyclic) bond motifs is 1. The van der Waals surface area contributed by atoms with Gasteiger partial charge in [0.05, 0.1) is 5.70 Å². The van der Waals surface area contributed by atoms with Gasteiger partial charge in [-0.2, -0.15) is 0 Å². The average Bonchev–Trinajstić information content (AvgIpc) is 2.97. The highest BCUT2D eigenvalue weighted by Crippen LogP contribution is 2.19. The van der Waals surface area contributed by atoms with E-state index in [0.717, 1.165) is 0 Å². The Morgan fingerprint density at radius 1 is 0.864 bits per heavy atom. The van der Waals surface area contributed by atoms with Crippen molar-refractivity contribution < 1.29 is 0 Å². The molecule has 22 heavy (non-hydrogen) atoms. The molecule has 0 aliphatic carbocycles. The molecule has 1 aliphatic heterocycles. The van der Waals surface area contributed by atoms with Crippen LogP contribution in [0.3, 0.4) is 0 Å². The first-order valence-electron chi connectivity index (χ1n) is 9.33. The zero-order chi connectivity index (χ0) is 15.6. The predicted molar refractivity (Wildman–Crippen MR) is 96.7 cm³/mol. The molecule has 0 saturated carbocycles. The summed E-state index contributed by atoms with van der Waals surface area (Å²) >= 11 is 0. The van der Waals surface area contributed by atoms with Crippen molar-refractivity contribution in [2.24, 2.45) is 5.92 Å². The lowest BCUT2D eigenvalue weighted by atomic mass is 9.97. The zero-order valence-electron chi connectivity index (χ0n) is 14.5. The smallest absolute Gasteiger partial charge is 0.0510 e. The molecule has 1 heterocycles. The Kier molecular flexibility index (Phi) is 7.56. The van der Waals surface area contributed by atoms with Crippen LogP contribution in [0.15, 0.2) is 24.3 Å². The number of unbranched alkanes of at least 4 members (excludes halogenated alkanes) is 8. The number of benzene rings is 1. The van der Waals surface area contributed by atoms with Gasteiger partial charge in [-0.3, -0.25) is 5.32 Å². The quantitative estimate of drug-likeness (QED) is 0.525. The van der Waals surface area contributed by atoms with E-state index in [4.69, 9.17) is 0 Å². The van der Waals surface area contributed by atoms with E-state index in [1.165, 1.54) is 80.3 Å². The van der Waals surface area contributed by atoms with E-state index < -0.39 is 0 Å². The molecular weight excluding hydrogens is 266 g/mol. The van der Waals surface area contributed by atoms with Crippen molar-refractivity contribution >= 4 is 11.9 Å². The standard InChI is InChI=1S/C21H32N/c1-3-4-5-6-7-8-9-10-11-14-18(2)21-20-16-13-12-15-19(20)17-22-21/h12-13,15-18H,3-11,14H2,1-2H3. The normalized spacial score (nSPS) is 14.4. The van der Waals surface area contributed by atoms with Crippen LogP contribution in [-0.2, 0) is 0 Å². The SMILES string of the molecule is CCCCCCCCCCCC(C)C1=c2ccccc2=C[N]1. The Morgan fingerprint density at radius 3 is 2.23 bits per heavy atom. The fraction of sp³-hybridized carbons (Fsp3) is 0.619. The van der Waals surface area contributed by atoms with E-state index in [9.17, 15) is 0 Å².